The summed E-state index contributed by atoms with van der Waals surface area (Å²) >= 11 is 0. The van der Waals surface area contributed by atoms with Gasteiger partial charge in [-0.15, -0.1) is 0 Å². The highest BCUT2D eigenvalue weighted by Crippen LogP contribution is 2.44. The van der Waals surface area contributed by atoms with Crippen molar-refractivity contribution in [1.82, 2.24) is 9.80 Å². The fourth-order valence-electron chi connectivity index (χ4n) is 4.95. The zero-order valence-corrected chi connectivity index (χ0v) is 18.4. The zero-order chi connectivity index (χ0) is 22.2. The average Bonchev–Trinajstić information content (AvgIpc) is 3.05. The molecule has 3 aliphatic rings. The third-order valence-electron chi connectivity index (χ3n) is 6.72. The molecular formula is C23H32N2O5. The van der Waals surface area contributed by atoms with Crippen molar-refractivity contribution in [3.05, 3.63) is 22.3 Å². The maximum Gasteiger partial charge on any atom is 0.257 e. The van der Waals surface area contributed by atoms with Crippen molar-refractivity contribution in [1.29, 1.82) is 0 Å². The maximum absolute atomic E-state index is 13.0. The van der Waals surface area contributed by atoms with Crippen molar-refractivity contribution in [2.45, 2.75) is 71.3 Å². The molecule has 0 aromatic carbocycles. The van der Waals surface area contributed by atoms with Gasteiger partial charge < -0.3 is 5.11 Å². The first-order valence-electron chi connectivity index (χ1n) is 11.0. The number of aliphatic hydroxyl groups excluding tert-OH is 1. The van der Waals surface area contributed by atoms with Crippen LogP contribution in [0.25, 0.3) is 0 Å². The molecular weight excluding hydrogens is 384 g/mol. The second-order valence-electron chi connectivity index (χ2n) is 8.69. The van der Waals surface area contributed by atoms with Crippen LogP contribution in [0.3, 0.4) is 0 Å². The Morgan fingerprint density at radius 3 is 1.93 bits per heavy atom. The summed E-state index contributed by atoms with van der Waals surface area (Å²) < 4.78 is 0. The Hall–Kier alpha value is -2.28. The number of rotatable bonds is 7. The summed E-state index contributed by atoms with van der Waals surface area (Å²) in [4.78, 5) is 54.0. The van der Waals surface area contributed by atoms with E-state index >= 15 is 0 Å². The molecule has 3 atom stereocenters. The van der Waals surface area contributed by atoms with Gasteiger partial charge in [-0.2, -0.15) is 0 Å². The molecule has 0 aromatic rings. The van der Waals surface area contributed by atoms with E-state index in [1.165, 1.54) is 14.1 Å². The highest BCUT2D eigenvalue weighted by Gasteiger charge is 2.48. The summed E-state index contributed by atoms with van der Waals surface area (Å²) in [6.45, 7) is 4.06. The van der Waals surface area contributed by atoms with Crippen LogP contribution in [0.5, 0.6) is 0 Å². The Morgan fingerprint density at radius 1 is 0.833 bits per heavy atom. The number of likely N-dealkylation sites (N-methyl/N-ethyl adjacent to an activating group) is 2. The normalized spacial score (nSPS) is 25.8. The van der Waals surface area contributed by atoms with Crippen LogP contribution in [-0.2, 0) is 19.2 Å². The fraction of sp³-hybridized carbons (Fsp3) is 0.652. The van der Waals surface area contributed by atoms with Gasteiger partial charge in [-0.3, -0.25) is 29.0 Å². The average molecular weight is 417 g/mol. The number of unbranched alkanes of at least 4 members (excludes halogenated alkanes) is 2. The standard InChI is InChI=1S/C23H32N2O5/c1-5-7-9-13-11-15-19(23(30)25(4)20(15)27)14(17(26)10-8-6-2)12-16-18(13)22(29)24(3)21(16)28/h13-14,17,26H,5-12H2,1-4H3. The highest BCUT2D eigenvalue weighted by molar-refractivity contribution is 6.22. The molecule has 30 heavy (non-hydrogen) atoms. The first kappa shape index (κ1) is 22.4. The van der Waals surface area contributed by atoms with Crippen LogP contribution < -0.4 is 0 Å². The van der Waals surface area contributed by atoms with Crippen LogP contribution in [0.2, 0.25) is 0 Å². The van der Waals surface area contributed by atoms with Crippen LogP contribution >= 0.6 is 0 Å². The van der Waals surface area contributed by atoms with Crippen molar-refractivity contribution in [2.24, 2.45) is 11.8 Å². The Labute approximate surface area is 177 Å². The van der Waals surface area contributed by atoms with Crippen LogP contribution in [-0.4, -0.2) is 58.7 Å². The minimum absolute atomic E-state index is 0.115. The van der Waals surface area contributed by atoms with Crippen molar-refractivity contribution in [3.8, 4) is 0 Å². The van der Waals surface area contributed by atoms with Gasteiger partial charge in [0.05, 0.1) is 6.10 Å². The largest absolute Gasteiger partial charge is 0.392 e. The topological polar surface area (TPSA) is 95.0 Å². The van der Waals surface area contributed by atoms with Gasteiger partial charge >= 0.3 is 0 Å². The van der Waals surface area contributed by atoms with Gasteiger partial charge in [0, 0.05) is 42.3 Å². The predicted octanol–water partition coefficient (Wildman–Crippen LogP) is 2.34. The minimum Gasteiger partial charge on any atom is -0.392 e. The van der Waals surface area contributed by atoms with E-state index in [4.69, 9.17) is 0 Å². The molecule has 7 nitrogen and oxygen atoms in total. The van der Waals surface area contributed by atoms with Gasteiger partial charge in [0.25, 0.3) is 23.6 Å². The minimum atomic E-state index is -0.854. The number of hydrogen-bond acceptors (Lipinski definition) is 5. The number of carbonyl (C=O) groups is 4. The first-order valence-corrected chi connectivity index (χ1v) is 11.0. The van der Waals surface area contributed by atoms with E-state index in [2.05, 4.69) is 6.92 Å². The fourth-order valence-corrected chi connectivity index (χ4v) is 4.95. The van der Waals surface area contributed by atoms with Gasteiger partial charge in [-0.1, -0.05) is 39.5 Å². The summed E-state index contributed by atoms with van der Waals surface area (Å²) in [5.74, 6) is -2.33. The molecule has 0 aromatic heterocycles. The van der Waals surface area contributed by atoms with Crippen molar-refractivity contribution < 1.29 is 24.3 Å². The molecule has 7 heteroatoms. The molecule has 4 amide bonds. The van der Waals surface area contributed by atoms with Gasteiger partial charge in [0.1, 0.15) is 0 Å². The molecule has 0 spiro atoms. The van der Waals surface area contributed by atoms with E-state index in [9.17, 15) is 24.3 Å². The summed E-state index contributed by atoms with van der Waals surface area (Å²) in [5, 5.41) is 11.0. The van der Waals surface area contributed by atoms with Gasteiger partial charge in [0.15, 0.2) is 0 Å². The van der Waals surface area contributed by atoms with Crippen LogP contribution in [0, 0.1) is 11.8 Å². The number of aliphatic hydroxyl groups is 1. The Morgan fingerprint density at radius 2 is 1.37 bits per heavy atom. The molecule has 2 aliphatic heterocycles. The monoisotopic (exact) mass is 416 g/mol. The Balaban J connectivity index is 2.13. The smallest absolute Gasteiger partial charge is 0.257 e. The predicted molar refractivity (Wildman–Crippen MR) is 111 cm³/mol. The number of imide groups is 2. The lowest BCUT2D eigenvalue weighted by molar-refractivity contribution is -0.138. The molecule has 0 saturated carbocycles. The number of nitrogens with zero attached hydrogens (tertiary/aromatic N) is 2. The van der Waals surface area contributed by atoms with Crippen LogP contribution in [0.1, 0.15) is 65.2 Å². The van der Waals surface area contributed by atoms with Crippen molar-refractivity contribution in [2.75, 3.05) is 14.1 Å². The third-order valence-corrected chi connectivity index (χ3v) is 6.72. The van der Waals surface area contributed by atoms with Gasteiger partial charge in [-0.25, -0.2) is 0 Å². The summed E-state index contributed by atoms with van der Waals surface area (Å²) in [7, 11) is 2.93. The molecule has 0 fully saturated rings. The zero-order valence-electron chi connectivity index (χ0n) is 18.4. The molecule has 2 heterocycles. The van der Waals surface area contributed by atoms with Crippen LogP contribution in [0.15, 0.2) is 22.3 Å². The van der Waals surface area contributed by atoms with Crippen LogP contribution in [0.4, 0.5) is 0 Å². The summed E-state index contributed by atoms with van der Waals surface area (Å²) in [5.41, 5.74) is 1.63. The lowest BCUT2D eigenvalue weighted by atomic mass is 9.75. The lowest BCUT2D eigenvalue weighted by Gasteiger charge is -2.28. The second-order valence-corrected chi connectivity index (χ2v) is 8.69. The Bertz CT molecular complexity index is 841. The molecule has 0 bridgehead atoms. The highest BCUT2D eigenvalue weighted by atomic mass is 16.3. The Kier molecular flexibility index (Phi) is 6.60. The molecule has 164 valence electrons. The quantitative estimate of drug-likeness (QED) is 0.643. The summed E-state index contributed by atoms with van der Waals surface area (Å²) in [6, 6.07) is 0. The van der Waals surface area contributed by atoms with E-state index in [0.717, 1.165) is 35.5 Å². The number of amides is 4. The van der Waals surface area contributed by atoms with Crippen molar-refractivity contribution >= 4 is 23.6 Å². The van der Waals surface area contributed by atoms with E-state index in [1.807, 2.05) is 6.92 Å². The van der Waals surface area contributed by atoms with E-state index in [1.54, 1.807) is 0 Å². The maximum atomic E-state index is 13.0. The summed E-state index contributed by atoms with van der Waals surface area (Å²) in [6.07, 6.45) is 4.11. The SMILES string of the molecule is CCCCC1CC2=C(C(=O)N(C)C2=O)C(C(O)CCCC)CC2=C1C(=O)N(C)C2=O. The van der Waals surface area contributed by atoms with E-state index in [0.29, 0.717) is 35.1 Å². The molecule has 0 saturated heterocycles. The molecule has 1 N–H and O–H groups in total. The van der Waals surface area contributed by atoms with Crippen molar-refractivity contribution in [3.63, 3.8) is 0 Å². The van der Waals surface area contributed by atoms with E-state index < -0.39 is 12.0 Å². The van der Waals surface area contributed by atoms with Gasteiger partial charge in [-0.05, 0) is 31.6 Å². The first-order chi connectivity index (χ1) is 14.2. The molecule has 3 unspecified atom stereocenters. The number of carbonyl (C=O) groups excluding carboxylic acids is 4. The van der Waals surface area contributed by atoms with Gasteiger partial charge in [0.2, 0.25) is 0 Å². The van der Waals surface area contributed by atoms with E-state index in [-0.39, 0.29) is 42.4 Å². The second kappa shape index (κ2) is 8.84. The lowest BCUT2D eigenvalue weighted by Crippen LogP contribution is -2.32. The molecule has 3 rings (SSSR count). The molecule has 1 aliphatic carbocycles. The molecule has 0 radical (unpaired) electrons. The third kappa shape index (κ3) is 3.64. The number of hydrogen-bond donors (Lipinski definition) is 1.